The van der Waals surface area contributed by atoms with Crippen LogP contribution >= 0.6 is 0 Å². The monoisotopic (exact) mass is 278 g/mol. The van der Waals surface area contributed by atoms with Crippen LogP contribution in [0.5, 0.6) is 0 Å². The second-order valence-corrected chi connectivity index (χ2v) is 4.01. The third kappa shape index (κ3) is 5.39. The lowest BCUT2D eigenvalue weighted by molar-refractivity contribution is 0.0940. The minimum absolute atomic E-state index is 0.00905. The molecule has 1 aromatic rings. The molecule has 0 bridgehead atoms. The van der Waals surface area contributed by atoms with Gasteiger partial charge >= 0.3 is 0 Å². The molecule has 0 aliphatic rings. The number of hydrogen-bond donors (Lipinski definition) is 2. The van der Waals surface area contributed by atoms with E-state index >= 15 is 0 Å². The number of hydrogen-bond acceptors (Lipinski definition) is 3. The van der Waals surface area contributed by atoms with Gasteiger partial charge in [0.15, 0.2) is 0 Å². The van der Waals surface area contributed by atoms with Gasteiger partial charge in [-0.25, -0.2) is 4.39 Å². The molecule has 0 radical (unpaired) electrons. The summed E-state index contributed by atoms with van der Waals surface area (Å²) < 4.78 is 18.8. The summed E-state index contributed by atoms with van der Waals surface area (Å²) in [4.78, 5) is 11.9. The number of carbonyl (C=O) groups excluding carboxylic acids is 1. The van der Waals surface area contributed by atoms with Crippen molar-refractivity contribution >= 4 is 5.91 Å². The molecule has 0 saturated heterocycles. The Kier molecular flexibility index (Phi) is 7.33. The Morgan fingerprint density at radius 3 is 3.00 bits per heavy atom. The van der Waals surface area contributed by atoms with E-state index in [1.807, 2.05) is 6.92 Å². The van der Waals surface area contributed by atoms with Gasteiger partial charge < -0.3 is 15.8 Å². The average Bonchev–Trinajstić information content (AvgIpc) is 2.46. The van der Waals surface area contributed by atoms with Crippen LogP contribution in [-0.2, 0) is 4.74 Å². The van der Waals surface area contributed by atoms with Crippen LogP contribution in [0, 0.1) is 17.7 Å². The number of rotatable bonds is 6. The normalized spacial score (nSPS) is 9.75. The van der Waals surface area contributed by atoms with Crippen molar-refractivity contribution in [2.24, 2.45) is 5.73 Å². The van der Waals surface area contributed by atoms with E-state index < -0.39 is 11.7 Å². The Balaban J connectivity index is 2.62. The van der Waals surface area contributed by atoms with Gasteiger partial charge in [0.25, 0.3) is 5.91 Å². The summed E-state index contributed by atoms with van der Waals surface area (Å²) in [6.45, 7) is 3.78. The summed E-state index contributed by atoms with van der Waals surface area (Å²) in [6.07, 6.45) is 0.688. The van der Waals surface area contributed by atoms with Crippen LogP contribution in [0.2, 0.25) is 0 Å². The maximum Gasteiger partial charge on any atom is 0.254 e. The largest absolute Gasteiger partial charge is 0.382 e. The van der Waals surface area contributed by atoms with E-state index in [-0.39, 0.29) is 12.1 Å². The van der Waals surface area contributed by atoms with Crippen molar-refractivity contribution in [3.8, 4) is 11.8 Å². The minimum Gasteiger partial charge on any atom is -0.382 e. The van der Waals surface area contributed by atoms with E-state index in [9.17, 15) is 9.18 Å². The highest BCUT2D eigenvalue weighted by molar-refractivity contribution is 5.94. The summed E-state index contributed by atoms with van der Waals surface area (Å²) in [5, 5.41) is 2.65. The molecule has 5 heteroatoms. The number of nitrogens with one attached hydrogen (secondary N) is 1. The molecular weight excluding hydrogens is 259 g/mol. The van der Waals surface area contributed by atoms with E-state index in [2.05, 4.69) is 17.2 Å². The van der Waals surface area contributed by atoms with Gasteiger partial charge in [0.05, 0.1) is 12.1 Å². The quantitative estimate of drug-likeness (QED) is 0.609. The molecule has 0 saturated carbocycles. The Hall–Kier alpha value is -1.90. The van der Waals surface area contributed by atoms with E-state index in [4.69, 9.17) is 10.5 Å². The Labute approximate surface area is 118 Å². The third-order valence-corrected chi connectivity index (χ3v) is 2.50. The van der Waals surface area contributed by atoms with Crippen molar-refractivity contribution in [3.63, 3.8) is 0 Å². The summed E-state index contributed by atoms with van der Waals surface area (Å²) in [5.74, 6) is 4.42. The standard InChI is InChI=1S/C15H19FN2O2/c1-2-20-10-4-9-18-15(19)13-11-12(5-3-8-17)6-7-14(13)16/h6-7,11H,2,4,8-10,17H2,1H3,(H,18,19). The topological polar surface area (TPSA) is 64.3 Å². The van der Waals surface area contributed by atoms with Crippen LogP contribution in [0.3, 0.4) is 0 Å². The molecule has 108 valence electrons. The van der Waals surface area contributed by atoms with Gasteiger partial charge in [-0.1, -0.05) is 11.8 Å². The molecule has 0 fully saturated rings. The van der Waals surface area contributed by atoms with Crippen molar-refractivity contribution < 1.29 is 13.9 Å². The molecular formula is C15H19FN2O2. The van der Waals surface area contributed by atoms with Crippen molar-refractivity contribution in [1.29, 1.82) is 0 Å². The van der Waals surface area contributed by atoms with Crippen molar-refractivity contribution in [1.82, 2.24) is 5.32 Å². The highest BCUT2D eigenvalue weighted by atomic mass is 19.1. The number of nitrogens with two attached hydrogens (primary N) is 1. The Morgan fingerprint density at radius 1 is 1.50 bits per heavy atom. The summed E-state index contributed by atoms with van der Waals surface area (Å²) in [6, 6.07) is 4.18. The molecule has 0 heterocycles. The smallest absolute Gasteiger partial charge is 0.254 e. The molecule has 0 unspecified atom stereocenters. The van der Waals surface area contributed by atoms with Gasteiger partial charge in [-0.3, -0.25) is 4.79 Å². The van der Waals surface area contributed by atoms with Gasteiger partial charge in [0.2, 0.25) is 0 Å². The summed E-state index contributed by atoms with van der Waals surface area (Å²) in [7, 11) is 0. The zero-order chi connectivity index (χ0) is 14.8. The second-order valence-electron chi connectivity index (χ2n) is 4.01. The fraction of sp³-hybridized carbons (Fsp3) is 0.400. The lowest BCUT2D eigenvalue weighted by atomic mass is 10.1. The first-order valence-electron chi connectivity index (χ1n) is 6.53. The lowest BCUT2D eigenvalue weighted by Gasteiger charge is -2.06. The third-order valence-electron chi connectivity index (χ3n) is 2.50. The van der Waals surface area contributed by atoms with E-state index in [0.29, 0.717) is 31.7 Å². The Morgan fingerprint density at radius 2 is 2.30 bits per heavy atom. The first-order valence-corrected chi connectivity index (χ1v) is 6.53. The first-order chi connectivity index (χ1) is 9.69. The number of benzene rings is 1. The zero-order valence-electron chi connectivity index (χ0n) is 11.5. The van der Waals surface area contributed by atoms with Gasteiger partial charge in [0.1, 0.15) is 5.82 Å². The number of halogens is 1. The second kappa shape index (κ2) is 9.08. The maximum absolute atomic E-state index is 13.6. The fourth-order valence-corrected chi connectivity index (χ4v) is 1.55. The van der Waals surface area contributed by atoms with Gasteiger partial charge in [-0.2, -0.15) is 0 Å². The molecule has 0 aromatic heterocycles. The predicted octanol–water partition coefficient (Wildman–Crippen LogP) is 1.29. The van der Waals surface area contributed by atoms with Crippen molar-refractivity contribution in [2.45, 2.75) is 13.3 Å². The van der Waals surface area contributed by atoms with E-state index in [1.54, 1.807) is 0 Å². The minimum atomic E-state index is -0.564. The van der Waals surface area contributed by atoms with Crippen LogP contribution in [0.25, 0.3) is 0 Å². The molecule has 1 rings (SSSR count). The van der Waals surface area contributed by atoms with E-state index in [0.717, 1.165) is 0 Å². The van der Waals surface area contributed by atoms with Crippen LogP contribution in [0.4, 0.5) is 4.39 Å². The lowest BCUT2D eigenvalue weighted by Crippen LogP contribution is -2.26. The SMILES string of the molecule is CCOCCCNC(=O)c1cc(C#CCN)ccc1F. The molecule has 0 aliphatic heterocycles. The van der Waals surface area contributed by atoms with Gasteiger partial charge in [-0.05, 0) is 31.5 Å². The van der Waals surface area contributed by atoms with Crippen LogP contribution < -0.4 is 11.1 Å². The molecule has 20 heavy (non-hydrogen) atoms. The van der Waals surface area contributed by atoms with Crippen molar-refractivity contribution in [3.05, 3.63) is 35.1 Å². The molecule has 0 spiro atoms. The molecule has 4 nitrogen and oxygen atoms in total. The van der Waals surface area contributed by atoms with E-state index in [1.165, 1.54) is 18.2 Å². The van der Waals surface area contributed by atoms with Crippen molar-refractivity contribution in [2.75, 3.05) is 26.3 Å². The summed E-state index contributed by atoms with van der Waals surface area (Å²) in [5.41, 5.74) is 5.83. The number of amides is 1. The van der Waals surface area contributed by atoms with Crippen LogP contribution in [-0.4, -0.2) is 32.2 Å². The summed E-state index contributed by atoms with van der Waals surface area (Å²) >= 11 is 0. The fourth-order valence-electron chi connectivity index (χ4n) is 1.55. The number of ether oxygens (including phenoxy) is 1. The highest BCUT2D eigenvalue weighted by Crippen LogP contribution is 2.10. The first kappa shape index (κ1) is 16.2. The highest BCUT2D eigenvalue weighted by Gasteiger charge is 2.11. The van der Waals surface area contributed by atoms with Crippen LogP contribution in [0.15, 0.2) is 18.2 Å². The molecule has 1 amide bonds. The van der Waals surface area contributed by atoms with Crippen LogP contribution in [0.1, 0.15) is 29.3 Å². The van der Waals surface area contributed by atoms with Gasteiger partial charge in [0, 0.05) is 25.3 Å². The molecule has 0 aliphatic carbocycles. The molecule has 0 atom stereocenters. The predicted molar refractivity (Wildman–Crippen MR) is 75.8 cm³/mol. The molecule has 3 N–H and O–H groups in total. The molecule has 1 aromatic carbocycles. The average molecular weight is 278 g/mol. The zero-order valence-corrected chi connectivity index (χ0v) is 11.5. The maximum atomic E-state index is 13.6. The van der Waals surface area contributed by atoms with Gasteiger partial charge in [-0.15, -0.1) is 0 Å². The Bertz CT molecular complexity index is 506. The number of carbonyl (C=O) groups is 1.